The lowest BCUT2D eigenvalue weighted by molar-refractivity contribution is -0.151. The Morgan fingerprint density at radius 2 is 1.97 bits per heavy atom. The topological polar surface area (TPSA) is 81.3 Å². The van der Waals surface area contributed by atoms with Gasteiger partial charge in [0.05, 0.1) is 13.2 Å². The first kappa shape index (κ1) is 23.7. The molecule has 3 aromatic rings. The summed E-state index contributed by atoms with van der Waals surface area (Å²) in [5.74, 6) is 1.66. The number of nitrogens with zero attached hydrogens (tertiary/aromatic N) is 1. The predicted octanol–water partition coefficient (Wildman–Crippen LogP) is 4.87. The number of benzene rings is 3. The molecule has 0 saturated carbocycles. The van der Waals surface area contributed by atoms with Gasteiger partial charge < -0.3 is 34.5 Å². The van der Waals surface area contributed by atoms with Crippen molar-refractivity contribution in [2.45, 2.75) is 25.2 Å². The van der Waals surface area contributed by atoms with Crippen molar-refractivity contribution in [3.63, 3.8) is 0 Å². The molecule has 2 bridgehead atoms. The Kier molecular flexibility index (Phi) is 5.77. The van der Waals surface area contributed by atoms with Crippen molar-refractivity contribution >= 4 is 40.5 Å². The van der Waals surface area contributed by atoms with Crippen LogP contribution in [0.5, 0.6) is 23.0 Å². The average Bonchev–Trinajstić information content (AvgIpc) is 3.35. The minimum absolute atomic E-state index is 0.189. The van der Waals surface area contributed by atoms with Gasteiger partial charge in [0.15, 0.2) is 33.8 Å². The van der Waals surface area contributed by atoms with Crippen molar-refractivity contribution in [2.24, 2.45) is 5.92 Å². The Morgan fingerprint density at radius 3 is 2.76 bits per heavy atom. The van der Waals surface area contributed by atoms with Crippen molar-refractivity contribution in [3.05, 3.63) is 76.8 Å². The zero-order valence-electron chi connectivity index (χ0n) is 20.1. The van der Waals surface area contributed by atoms with E-state index in [-0.39, 0.29) is 12.7 Å². The van der Waals surface area contributed by atoms with Crippen LogP contribution in [-0.2, 0) is 11.3 Å². The largest absolute Gasteiger partial charge is 0.493 e. The van der Waals surface area contributed by atoms with Crippen LogP contribution in [0.2, 0.25) is 5.02 Å². The summed E-state index contributed by atoms with van der Waals surface area (Å²) in [6.07, 6.45) is 0. The number of amides is 1. The number of ether oxygens (including phenoxy) is 4. The molecule has 0 aliphatic carbocycles. The molecule has 0 radical (unpaired) electrons. The van der Waals surface area contributed by atoms with E-state index < -0.39 is 17.7 Å². The lowest BCUT2D eigenvalue weighted by Crippen LogP contribution is -2.71. The predicted molar refractivity (Wildman–Crippen MR) is 142 cm³/mol. The van der Waals surface area contributed by atoms with Crippen molar-refractivity contribution in [3.8, 4) is 23.0 Å². The molecule has 8 nitrogen and oxygen atoms in total. The van der Waals surface area contributed by atoms with E-state index >= 15 is 0 Å². The zero-order chi connectivity index (χ0) is 25.7. The first-order valence-electron chi connectivity index (χ1n) is 11.8. The highest BCUT2D eigenvalue weighted by Gasteiger charge is 2.59. The summed E-state index contributed by atoms with van der Waals surface area (Å²) in [4.78, 5) is 15.8. The summed E-state index contributed by atoms with van der Waals surface area (Å²) in [7, 11) is 1.60. The fraction of sp³-hybridized carbons (Fsp3) is 0.259. The minimum Gasteiger partial charge on any atom is -0.493 e. The molecule has 1 fully saturated rings. The summed E-state index contributed by atoms with van der Waals surface area (Å²) in [5, 5.41) is 7.51. The number of rotatable bonds is 5. The Labute approximate surface area is 224 Å². The standard InChI is InChI=1S/C27H24ClN3O5S/c1-27-22(25(32)29-17-9-7-16(28)8-10-17)23(18-4-3-5-20(33-2)24(18)36-27)30-26(37)31(27)13-15-6-11-19-21(12-15)35-14-34-19/h3-12,22-23H,13-14H2,1-2H3,(H,29,32)(H,30,37)/t22-,23-,27-/m0/s1. The van der Waals surface area contributed by atoms with Gasteiger partial charge in [-0.15, -0.1) is 0 Å². The van der Waals surface area contributed by atoms with E-state index in [1.807, 2.05) is 48.2 Å². The number of carbonyl (C=O) groups excluding carboxylic acids is 1. The number of methoxy groups -OCH3 is 1. The van der Waals surface area contributed by atoms with Crippen molar-refractivity contribution < 1.29 is 23.7 Å². The van der Waals surface area contributed by atoms with Crippen LogP contribution in [0.4, 0.5) is 5.69 Å². The lowest BCUT2D eigenvalue weighted by atomic mass is 9.78. The zero-order valence-corrected chi connectivity index (χ0v) is 21.7. The van der Waals surface area contributed by atoms with Gasteiger partial charge in [0.1, 0.15) is 5.92 Å². The van der Waals surface area contributed by atoms with Gasteiger partial charge in [0, 0.05) is 22.8 Å². The minimum atomic E-state index is -1.14. The maximum atomic E-state index is 13.9. The number of anilines is 1. The second-order valence-electron chi connectivity index (χ2n) is 9.21. The second kappa shape index (κ2) is 9.00. The van der Waals surface area contributed by atoms with Gasteiger partial charge in [0.25, 0.3) is 0 Å². The van der Waals surface area contributed by atoms with Crippen LogP contribution in [0.3, 0.4) is 0 Å². The molecule has 0 aromatic heterocycles. The highest BCUT2D eigenvalue weighted by atomic mass is 35.5. The number of para-hydroxylation sites is 1. The summed E-state index contributed by atoms with van der Waals surface area (Å²) in [6, 6.07) is 17.9. The number of hydrogen-bond donors (Lipinski definition) is 2. The van der Waals surface area contributed by atoms with E-state index in [2.05, 4.69) is 10.6 Å². The highest BCUT2D eigenvalue weighted by molar-refractivity contribution is 7.80. The smallest absolute Gasteiger partial charge is 0.236 e. The van der Waals surface area contributed by atoms with E-state index in [1.54, 1.807) is 31.4 Å². The molecule has 37 heavy (non-hydrogen) atoms. The van der Waals surface area contributed by atoms with Gasteiger partial charge in [-0.2, -0.15) is 0 Å². The molecule has 2 N–H and O–H groups in total. The summed E-state index contributed by atoms with van der Waals surface area (Å²) < 4.78 is 23.3. The van der Waals surface area contributed by atoms with Gasteiger partial charge in [-0.1, -0.05) is 29.8 Å². The molecule has 10 heteroatoms. The van der Waals surface area contributed by atoms with Gasteiger partial charge in [-0.05, 0) is 67.2 Å². The van der Waals surface area contributed by atoms with E-state index in [0.717, 1.165) is 11.1 Å². The Bertz CT molecular complexity index is 1400. The lowest BCUT2D eigenvalue weighted by Gasteiger charge is -2.56. The molecule has 3 aromatic carbocycles. The Hall–Kier alpha value is -3.69. The first-order valence-corrected chi connectivity index (χ1v) is 12.5. The number of halogens is 1. The number of thiocarbonyl (C=S) groups is 1. The number of hydrogen-bond acceptors (Lipinski definition) is 6. The molecule has 1 saturated heterocycles. The molecule has 3 atom stereocenters. The summed E-state index contributed by atoms with van der Waals surface area (Å²) >= 11 is 11.9. The van der Waals surface area contributed by atoms with Gasteiger partial charge in [0.2, 0.25) is 12.7 Å². The van der Waals surface area contributed by atoms with Crippen LogP contribution < -0.4 is 29.6 Å². The number of fused-ring (bicyclic) bond motifs is 5. The number of carbonyl (C=O) groups is 1. The summed E-state index contributed by atoms with van der Waals surface area (Å²) in [6.45, 7) is 2.46. The second-order valence-corrected chi connectivity index (χ2v) is 10.0. The Balaban J connectivity index is 1.41. The van der Waals surface area contributed by atoms with E-state index in [0.29, 0.717) is 45.4 Å². The molecule has 6 rings (SSSR count). The van der Waals surface area contributed by atoms with Crippen LogP contribution in [0, 0.1) is 5.92 Å². The van der Waals surface area contributed by atoms with Crippen molar-refractivity contribution in [2.75, 3.05) is 19.2 Å². The van der Waals surface area contributed by atoms with Crippen LogP contribution in [-0.4, -0.2) is 35.5 Å². The van der Waals surface area contributed by atoms with Gasteiger partial charge >= 0.3 is 0 Å². The maximum absolute atomic E-state index is 13.9. The van der Waals surface area contributed by atoms with E-state index in [9.17, 15) is 4.79 Å². The average molecular weight is 538 g/mol. The third-order valence-corrected chi connectivity index (χ3v) is 7.61. The van der Waals surface area contributed by atoms with Gasteiger partial charge in [-0.25, -0.2) is 0 Å². The SMILES string of the molecule is COc1cccc2c1O[C@@]1(C)[C@H](C(=O)Nc3ccc(Cl)cc3)[C@H]2NC(=S)N1Cc1ccc2c(c1)OCO2. The molecule has 1 amide bonds. The summed E-state index contributed by atoms with van der Waals surface area (Å²) in [5.41, 5.74) is 1.23. The molecule has 3 heterocycles. The molecular formula is C27H24ClN3O5S. The molecular weight excluding hydrogens is 514 g/mol. The van der Waals surface area contributed by atoms with Crippen molar-refractivity contribution in [1.82, 2.24) is 10.2 Å². The fourth-order valence-corrected chi connectivity index (χ4v) is 5.70. The molecule has 3 aliphatic rings. The first-order chi connectivity index (χ1) is 17.9. The van der Waals surface area contributed by atoms with Gasteiger partial charge in [-0.3, -0.25) is 4.79 Å². The number of nitrogens with one attached hydrogen (secondary N) is 2. The van der Waals surface area contributed by atoms with Crippen LogP contribution in [0.15, 0.2) is 60.7 Å². The Morgan fingerprint density at radius 1 is 1.19 bits per heavy atom. The van der Waals surface area contributed by atoms with Crippen LogP contribution in [0.1, 0.15) is 24.1 Å². The third kappa shape index (κ3) is 3.98. The normalized spacial score (nSPS) is 23.0. The molecule has 0 spiro atoms. The molecule has 0 unspecified atom stereocenters. The molecule has 3 aliphatic heterocycles. The molecule has 190 valence electrons. The van der Waals surface area contributed by atoms with Crippen LogP contribution in [0.25, 0.3) is 0 Å². The van der Waals surface area contributed by atoms with E-state index in [4.69, 9.17) is 42.8 Å². The van der Waals surface area contributed by atoms with Crippen LogP contribution >= 0.6 is 23.8 Å². The third-order valence-electron chi connectivity index (χ3n) is 7.02. The monoisotopic (exact) mass is 537 g/mol. The highest BCUT2D eigenvalue weighted by Crippen LogP contribution is 2.52. The fourth-order valence-electron chi connectivity index (χ4n) is 5.20. The quantitative estimate of drug-likeness (QED) is 0.446. The maximum Gasteiger partial charge on any atom is 0.236 e. The van der Waals surface area contributed by atoms with E-state index in [1.165, 1.54) is 0 Å². The van der Waals surface area contributed by atoms with Crippen molar-refractivity contribution in [1.29, 1.82) is 0 Å².